The van der Waals surface area contributed by atoms with Crippen LogP contribution in [0.1, 0.15) is 29.5 Å². The standard InChI is InChI=1S/C22H26N2O2/c1-16-10-11-20(13-17(16)2)24-15-19(14-21(24)25)22(26)23-12-6-9-18-7-4-3-5-8-18/h3-5,7-8,10-11,13,19H,6,9,12,14-15H2,1-2H3,(H,23,26)/t19-/m0/s1. The number of aryl methyl sites for hydroxylation is 3. The molecule has 1 aliphatic heterocycles. The average molecular weight is 350 g/mol. The van der Waals surface area contributed by atoms with Gasteiger partial charge in [0.25, 0.3) is 0 Å². The molecule has 1 heterocycles. The molecule has 0 aliphatic carbocycles. The van der Waals surface area contributed by atoms with Crippen molar-refractivity contribution in [2.24, 2.45) is 5.92 Å². The number of carbonyl (C=O) groups excluding carboxylic acids is 2. The number of rotatable bonds is 6. The first-order chi connectivity index (χ1) is 12.5. The predicted molar refractivity (Wildman–Crippen MR) is 104 cm³/mol. The van der Waals surface area contributed by atoms with Crippen molar-refractivity contribution in [2.45, 2.75) is 33.1 Å². The molecule has 1 aliphatic rings. The van der Waals surface area contributed by atoms with Crippen LogP contribution in [-0.4, -0.2) is 24.9 Å². The maximum absolute atomic E-state index is 12.4. The molecule has 2 aromatic rings. The first-order valence-corrected chi connectivity index (χ1v) is 9.24. The van der Waals surface area contributed by atoms with Crippen LogP contribution < -0.4 is 10.2 Å². The number of hydrogen-bond donors (Lipinski definition) is 1. The van der Waals surface area contributed by atoms with Gasteiger partial charge >= 0.3 is 0 Å². The number of nitrogens with one attached hydrogen (secondary N) is 1. The van der Waals surface area contributed by atoms with Gasteiger partial charge in [-0.05, 0) is 55.5 Å². The van der Waals surface area contributed by atoms with Crippen LogP contribution in [0.15, 0.2) is 48.5 Å². The topological polar surface area (TPSA) is 49.4 Å². The van der Waals surface area contributed by atoms with E-state index in [1.54, 1.807) is 4.90 Å². The van der Waals surface area contributed by atoms with Crippen molar-refractivity contribution in [3.8, 4) is 0 Å². The summed E-state index contributed by atoms with van der Waals surface area (Å²) in [5, 5.41) is 2.99. The minimum atomic E-state index is -0.263. The van der Waals surface area contributed by atoms with Crippen LogP contribution >= 0.6 is 0 Å². The highest BCUT2D eigenvalue weighted by Crippen LogP contribution is 2.26. The summed E-state index contributed by atoms with van der Waals surface area (Å²) < 4.78 is 0. The Labute approximate surface area is 155 Å². The van der Waals surface area contributed by atoms with Gasteiger partial charge in [0.05, 0.1) is 5.92 Å². The lowest BCUT2D eigenvalue weighted by Gasteiger charge is -2.18. The molecular weight excluding hydrogens is 324 g/mol. The number of amides is 2. The Balaban J connectivity index is 1.49. The third kappa shape index (κ3) is 4.31. The van der Waals surface area contributed by atoms with E-state index >= 15 is 0 Å². The summed E-state index contributed by atoms with van der Waals surface area (Å²) in [6, 6.07) is 16.3. The minimum absolute atomic E-state index is 0.0160. The highest BCUT2D eigenvalue weighted by atomic mass is 16.2. The second-order valence-corrected chi connectivity index (χ2v) is 7.05. The summed E-state index contributed by atoms with van der Waals surface area (Å²) in [6.45, 7) is 5.20. The van der Waals surface area contributed by atoms with Crippen LogP contribution in [-0.2, 0) is 16.0 Å². The molecule has 1 fully saturated rings. The summed E-state index contributed by atoms with van der Waals surface area (Å²) in [5.74, 6) is -0.253. The Morgan fingerprint density at radius 2 is 1.88 bits per heavy atom. The third-order valence-electron chi connectivity index (χ3n) is 5.08. The Hall–Kier alpha value is -2.62. The third-order valence-corrected chi connectivity index (χ3v) is 5.08. The summed E-state index contributed by atoms with van der Waals surface area (Å²) in [4.78, 5) is 26.5. The first-order valence-electron chi connectivity index (χ1n) is 9.24. The molecule has 1 saturated heterocycles. The van der Waals surface area contributed by atoms with Crippen molar-refractivity contribution in [1.82, 2.24) is 5.32 Å². The molecule has 136 valence electrons. The van der Waals surface area contributed by atoms with E-state index in [0.29, 0.717) is 13.1 Å². The molecule has 0 bridgehead atoms. The van der Waals surface area contributed by atoms with Crippen LogP contribution in [0.3, 0.4) is 0 Å². The molecule has 3 rings (SSSR count). The van der Waals surface area contributed by atoms with Crippen LogP contribution in [0.2, 0.25) is 0 Å². The van der Waals surface area contributed by atoms with Gasteiger partial charge in [-0.1, -0.05) is 36.4 Å². The zero-order valence-electron chi connectivity index (χ0n) is 15.5. The molecule has 4 heteroatoms. The van der Waals surface area contributed by atoms with Gasteiger partial charge in [0.1, 0.15) is 0 Å². The number of carbonyl (C=O) groups is 2. The van der Waals surface area contributed by atoms with Gasteiger partial charge in [-0.3, -0.25) is 9.59 Å². The van der Waals surface area contributed by atoms with Crippen LogP contribution in [0.5, 0.6) is 0 Å². The Kier molecular flexibility index (Phi) is 5.71. The summed E-state index contributed by atoms with van der Waals surface area (Å²) >= 11 is 0. The maximum Gasteiger partial charge on any atom is 0.227 e. The second kappa shape index (κ2) is 8.17. The van der Waals surface area contributed by atoms with Gasteiger partial charge in [-0.15, -0.1) is 0 Å². The summed E-state index contributed by atoms with van der Waals surface area (Å²) in [7, 11) is 0. The largest absolute Gasteiger partial charge is 0.356 e. The molecule has 26 heavy (non-hydrogen) atoms. The number of benzene rings is 2. The van der Waals surface area contributed by atoms with E-state index in [1.807, 2.05) is 43.3 Å². The lowest BCUT2D eigenvalue weighted by atomic mass is 10.1. The number of anilines is 1. The smallest absolute Gasteiger partial charge is 0.227 e. The molecule has 0 unspecified atom stereocenters. The van der Waals surface area contributed by atoms with E-state index in [-0.39, 0.29) is 24.2 Å². The maximum atomic E-state index is 12.4. The van der Waals surface area contributed by atoms with E-state index in [4.69, 9.17) is 0 Å². The minimum Gasteiger partial charge on any atom is -0.356 e. The SMILES string of the molecule is Cc1ccc(N2C[C@@H](C(=O)NCCCc3ccccc3)CC2=O)cc1C. The molecule has 2 amide bonds. The van der Waals surface area contributed by atoms with Crippen LogP contribution in [0.4, 0.5) is 5.69 Å². The quantitative estimate of drug-likeness (QED) is 0.812. The summed E-state index contributed by atoms with van der Waals surface area (Å²) in [6.07, 6.45) is 2.13. The lowest BCUT2D eigenvalue weighted by molar-refractivity contribution is -0.126. The zero-order chi connectivity index (χ0) is 18.5. The van der Waals surface area contributed by atoms with Crippen molar-refractivity contribution in [3.05, 3.63) is 65.2 Å². The van der Waals surface area contributed by atoms with Gasteiger partial charge < -0.3 is 10.2 Å². The van der Waals surface area contributed by atoms with E-state index in [1.165, 1.54) is 11.1 Å². The molecule has 0 radical (unpaired) electrons. The number of nitrogens with zero attached hydrogens (tertiary/aromatic N) is 1. The Morgan fingerprint density at radius 3 is 2.62 bits per heavy atom. The molecule has 1 N–H and O–H groups in total. The molecule has 4 nitrogen and oxygen atoms in total. The molecule has 0 saturated carbocycles. The molecule has 1 atom stereocenters. The van der Waals surface area contributed by atoms with Crippen LogP contribution in [0.25, 0.3) is 0 Å². The fourth-order valence-corrected chi connectivity index (χ4v) is 3.32. The monoisotopic (exact) mass is 350 g/mol. The van der Waals surface area contributed by atoms with Gasteiger partial charge in [-0.25, -0.2) is 0 Å². The van der Waals surface area contributed by atoms with E-state index in [0.717, 1.165) is 24.1 Å². The number of hydrogen-bond acceptors (Lipinski definition) is 2. The highest BCUT2D eigenvalue weighted by molar-refractivity contribution is 6.00. The Morgan fingerprint density at radius 1 is 1.12 bits per heavy atom. The molecule has 2 aromatic carbocycles. The van der Waals surface area contributed by atoms with Crippen molar-refractivity contribution < 1.29 is 9.59 Å². The van der Waals surface area contributed by atoms with Gasteiger partial charge in [-0.2, -0.15) is 0 Å². The van der Waals surface area contributed by atoms with Gasteiger partial charge in [0.2, 0.25) is 11.8 Å². The average Bonchev–Trinajstić information content (AvgIpc) is 3.04. The van der Waals surface area contributed by atoms with Crippen molar-refractivity contribution in [3.63, 3.8) is 0 Å². The van der Waals surface area contributed by atoms with E-state index in [2.05, 4.69) is 24.4 Å². The Bertz CT molecular complexity index is 786. The van der Waals surface area contributed by atoms with Gasteiger partial charge in [0, 0.05) is 25.2 Å². The molecular formula is C22H26N2O2. The zero-order valence-corrected chi connectivity index (χ0v) is 15.5. The fourth-order valence-electron chi connectivity index (χ4n) is 3.32. The van der Waals surface area contributed by atoms with E-state index < -0.39 is 0 Å². The van der Waals surface area contributed by atoms with Crippen LogP contribution in [0, 0.1) is 19.8 Å². The highest BCUT2D eigenvalue weighted by Gasteiger charge is 2.34. The molecule has 0 spiro atoms. The van der Waals surface area contributed by atoms with Crippen molar-refractivity contribution in [2.75, 3.05) is 18.0 Å². The van der Waals surface area contributed by atoms with Crippen molar-refractivity contribution >= 4 is 17.5 Å². The van der Waals surface area contributed by atoms with Crippen molar-refractivity contribution in [1.29, 1.82) is 0 Å². The fraction of sp³-hybridized carbons (Fsp3) is 0.364. The van der Waals surface area contributed by atoms with Gasteiger partial charge in [0.15, 0.2) is 0 Å². The second-order valence-electron chi connectivity index (χ2n) is 7.05. The van der Waals surface area contributed by atoms with E-state index in [9.17, 15) is 9.59 Å². The molecule has 0 aromatic heterocycles. The summed E-state index contributed by atoms with van der Waals surface area (Å²) in [5.41, 5.74) is 4.52. The normalized spacial score (nSPS) is 16.8. The lowest BCUT2D eigenvalue weighted by Crippen LogP contribution is -2.33. The predicted octanol–water partition coefficient (Wildman–Crippen LogP) is 3.41. The first kappa shape index (κ1) is 18.2.